The maximum absolute atomic E-state index is 11.9. The second-order valence-corrected chi connectivity index (χ2v) is 4.91. The molecule has 0 saturated heterocycles. The van der Waals surface area contributed by atoms with E-state index in [0.29, 0.717) is 24.9 Å². The predicted octanol–water partition coefficient (Wildman–Crippen LogP) is 1.33. The van der Waals surface area contributed by atoms with Crippen molar-refractivity contribution in [3.8, 4) is 0 Å². The summed E-state index contributed by atoms with van der Waals surface area (Å²) in [4.78, 5) is 11.9. The molecule has 2 rings (SSSR count). The van der Waals surface area contributed by atoms with Crippen LogP contribution in [0.2, 0.25) is 0 Å². The number of hydrogen-bond donors (Lipinski definition) is 1. The largest absolute Gasteiger partial charge is 0.360 e. The minimum atomic E-state index is -0.0103. The highest BCUT2D eigenvalue weighted by molar-refractivity contribution is 5.99. The SMILES string of the molecule is CC1(C)CC(=O)c2c(CCN)noc2C1. The summed E-state index contributed by atoms with van der Waals surface area (Å²) in [5.41, 5.74) is 6.87. The molecule has 4 nitrogen and oxygen atoms in total. The monoisotopic (exact) mass is 208 g/mol. The van der Waals surface area contributed by atoms with E-state index in [1.54, 1.807) is 0 Å². The third kappa shape index (κ3) is 1.81. The summed E-state index contributed by atoms with van der Waals surface area (Å²) in [7, 11) is 0. The molecule has 4 heteroatoms. The van der Waals surface area contributed by atoms with Gasteiger partial charge in [-0.25, -0.2) is 0 Å². The molecule has 1 aromatic heterocycles. The molecule has 1 aliphatic carbocycles. The first kappa shape index (κ1) is 10.4. The molecule has 0 atom stereocenters. The molecule has 0 bridgehead atoms. The highest BCUT2D eigenvalue weighted by Crippen LogP contribution is 2.35. The Balaban J connectivity index is 2.39. The molecule has 0 saturated carbocycles. The van der Waals surface area contributed by atoms with E-state index in [1.165, 1.54) is 0 Å². The lowest BCUT2D eigenvalue weighted by atomic mass is 9.76. The number of nitrogens with zero attached hydrogens (tertiary/aromatic N) is 1. The lowest BCUT2D eigenvalue weighted by Crippen LogP contribution is -2.26. The van der Waals surface area contributed by atoms with Crippen LogP contribution in [-0.4, -0.2) is 17.5 Å². The average Bonchev–Trinajstić information content (AvgIpc) is 2.46. The van der Waals surface area contributed by atoms with Gasteiger partial charge in [-0.3, -0.25) is 4.79 Å². The highest BCUT2D eigenvalue weighted by atomic mass is 16.5. The summed E-state index contributed by atoms with van der Waals surface area (Å²) in [5.74, 6) is 0.880. The number of Topliss-reactive ketones (excluding diaryl/α,β-unsaturated/α-hetero) is 1. The van der Waals surface area contributed by atoms with Crippen molar-refractivity contribution in [3.05, 3.63) is 17.0 Å². The van der Waals surface area contributed by atoms with E-state index < -0.39 is 0 Å². The number of carbonyl (C=O) groups is 1. The zero-order valence-electron chi connectivity index (χ0n) is 9.17. The molecular formula is C11H16N2O2. The minimum Gasteiger partial charge on any atom is -0.360 e. The molecule has 1 aromatic rings. The Morgan fingerprint density at radius 1 is 1.47 bits per heavy atom. The smallest absolute Gasteiger partial charge is 0.168 e. The molecule has 0 radical (unpaired) electrons. The fraction of sp³-hybridized carbons (Fsp3) is 0.636. The van der Waals surface area contributed by atoms with Crippen LogP contribution in [0.3, 0.4) is 0 Å². The molecule has 0 spiro atoms. The summed E-state index contributed by atoms with van der Waals surface area (Å²) in [6.07, 6.45) is 1.97. The quantitative estimate of drug-likeness (QED) is 0.796. The number of nitrogens with two attached hydrogens (primary N) is 1. The van der Waals surface area contributed by atoms with Gasteiger partial charge in [-0.2, -0.15) is 0 Å². The summed E-state index contributed by atoms with van der Waals surface area (Å²) < 4.78 is 5.22. The second-order valence-electron chi connectivity index (χ2n) is 4.91. The number of rotatable bonds is 2. The van der Waals surface area contributed by atoms with Crippen LogP contribution in [0.5, 0.6) is 0 Å². The highest BCUT2D eigenvalue weighted by Gasteiger charge is 2.35. The van der Waals surface area contributed by atoms with Crippen molar-refractivity contribution in [2.45, 2.75) is 33.1 Å². The van der Waals surface area contributed by atoms with E-state index in [9.17, 15) is 4.79 Å². The molecule has 0 aliphatic heterocycles. The van der Waals surface area contributed by atoms with E-state index in [-0.39, 0.29) is 11.2 Å². The minimum absolute atomic E-state index is 0.0103. The first-order valence-corrected chi connectivity index (χ1v) is 5.24. The third-order valence-electron chi connectivity index (χ3n) is 2.77. The fourth-order valence-electron chi connectivity index (χ4n) is 2.13. The fourth-order valence-corrected chi connectivity index (χ4v) is 2.13. The van der Waals surface area contributed by atoms with E-state index >= 15 is 0 Å². The molecule has 0 amide bonds. The maximum Gasteiger partial charge on any atom is 0.168 e. The first-order valence-electron chi connectivity index (χ1n) is 5.24. The number of ketones is 1. The van der Waals surface area contributed by atoms with Gasteiger partial charge in [0.15, 0.2) is 5.78 Å². The van der Waals surface area contributed by atoms with E-state index in [2.05, 4.69) is 19.0 Å². The lowest BCUT2D eigenvalue weighted by molar-refractivity contribution is 0.0901. The summed E-state index contributed by atoms with van der Waals surface area (Å²) in [6.45, 7) is 4.63. The van der Waals surface area contributed by atoms with Crippen molar-refractivity contribution in [2.75, 3.05) is 6.54 Å². The molecule has 0 unspecified atom stereocenters. The maximum atomic E-state index is 11.9. The summed E-state index contributed by atoms with van der Waals surface area (Å²) in [5, 5.41) is 3.93. The zero-order chi connectivity index (χ0) is 11.1. The zero-order valence-corrected chi connectivity index (χ0v) is 9.17. The molecule has 82 valence electrons. The van der Waals surface area contributed by atoms with Crippen LogP contribution in [-0.2, 0) is 12.8 Å². The lowest BCUT2D eigenvalue weighted by Gasteiger charge is -2.26. The number of hydrogen-bond acceptors (Lipinski definition) is 4. The van der Waals surface area contributed by atoms with Gasteiger partial charge < -0.3 is 10.3 Å². The van der Waals surface area contributed by atoms with Gasteiger partial charge in [0.2, 0.25) is 0 Å². The van der Waals surface area contributed by atoms with Gasteiger partial charge in [-0.05, 0) is 12.0 Å². The molecular weight excluding hydrogens is 192 g/mol. The van der Waals surface area contributed by atoms with Crippen molar-refractivity contribution in [1.29, 1.82) is 0 Å². The van der Waals surface area contributed by atoms with Crippen LogP contribution < -0.4 is 5.73 Å². The van der Waals surface area contributed by atoms with Crippen molar-refractivity contribution >= 4 is 5.78 Å². The Bertz CT molecular complexity index is 393. The summed E-state index contributed by atoms with van der Waals surface area (Å²) in [6, 6.07) is 0. The van der Waals surface area contributed by atoms with Crippen molar-refractivity contribution < 1.29 is 9.32 Å². The van der Waals surface area contributed by atoms with Crippen molar-refractivity contribution in [1.82, 2.24) is 5.16 Å². The molecule has 1 heterocycles. The van der Waals surface area contributed by atoms with Gasteiger partial charge >= 0.3 is 0 Å². The molecule has 2 N–H and O–H groups in total. The molecule has 1 aliphatic rings. The number of carbonyl (C=O) groups excluding carboxylic acids is 1. The van der Waals surface area contributed by atoms with Crippen molar-refractivity contribution in [2.24, 2.45) is 11.1 Å². The Labute approximate surface area is 88.8 Å². The third-order valence-corrected chi connectivity index (χ3v) is 2.77. The van der Waals surface area contributed by atoms with E-state index in [0.717, 1.165) is 17.9 Å². The van der Waals surface area contributed by atoms with E-state index in [4.69, 9.17) is 10.3 Å². The van der Waals surface area contributed by atoms with Crippen molar-refractivity contribution in [3.63, 3.8) is 0 Å². The Morgan fingerprint density at radius 3 is 2.87 bits per heavy atom. The summed E-state index contributed by atoms with van der Waals surface area (Å²) >= 11 is 0. The molecule has 0 aromatic carbocycles. The Morgan fingerprint density at radius 2 is 2.20 bits per heavy atom. The van der Waals surface area contributed by atoms with Gasteiger partial charge in [-0.15, -0.1) is 0 Å². The first-order chi connectivity index (χ1) is 7.03. The van der Waals surface area contributed by atoms with E-state index in [1.807, 2.05) is 0 Å². The Hall–Kier alpha value is -1.16. The van der Waals surface area contributed by atoms with Gasteiger partial charge in [0.05, 0.1) is 11.3 Å². The van der Waals surface area contributed by atoms with Gasteiger partial charge in [-0.1, -0.05) is 19.0 Å². The van der Waals surface area contributed by atoms with Crippen LogP contribution in [0.1, 0.15) is 42.1 Å². The van der Waals surface area contributed by atoms with Crippen LogP contribution in [0.4, 0.5) is 0 Å². The van der Waals surface area contributed by atoms with Crippen LogP contribution >= 0.6 is 0 Å². The standard InChI is InChI=1S/C11H16N2O2/c1-11(2)5-8(14)10-7(3-4-12)13-15-9(10)6-11/h3-6,12H2,1-2H3. The van der Waals surface area contributed by atoms with Crippen LogP contribution in [0, 0.1) is 5.41 Å². The molecule has 15 heavy (non-hydrogen) atoms. The topological polar surface area (TPSA) is 69.1 Å². The second kappa shape index (κ2) is 3.45. The number of aromatic nitrogens is 1. The normalized spacial score (nSPS) is 19.0. The van der Waals surface area contributed by atoms with Gasteiger partial charge in [0, 0.05) is 19.3 Å². The number of fused-ring (bicyclic) bond motifs is 1. The van der Waals surface area contributed by atoms with Gasteiger partial charge in [0.25, 0.3) is 0 Å². The van der Waals surface area contributed by atoms with Crippen LogP contribution in [0.15, 0.2) is 4.52 Å². The Kier molecular flexibility index (Phi) is 2.38. The predicted molar refractivity (Wildman–Crippen MR) is 55.7 cm³/mol. The molecule has 0 fully saturated rings. The van der Waals surface area contributed by atoms with Crippen LogP contribution in [0.25, 0.3) is 0 Å². The van der Waals surface area contributed by atoms with Gasteiger partial charge in [0.1, 0.15) is 5.76 Å². The average molecular weight is 208 g/mol.